The first-order valence-corrected chi connectivity index (χ1v) is 2.89. The van der Waals surface area contributed by atoms with E-state index in [0.717, 1.165) is 0 Å². The van der Waals surface area contributed by atoms with Crippen LogP contribution in [-0.2, 0) is 0 Å². The third-order valence-corrected chi connectivity index (χ3v) is 1.21. The van der Waals surface area contributed by atoms with E-state index in [-0.39, 0.29) is 0 Å². The quantitative estimate of drug-likeness (QED) is 0.496. The zero-order valence-corrected chi connectivity index (χ0v) is 5.13. The summed E-state index contributed by atoms with van der Waals surface area (Å²) in [7, 11) is 0. The summed E-state index contributed by atoms with van der Waals surface area (Å²) in [4.78, 5) is 0. The van der Waals surface area contributed by atoms with Crippen molar-refractivity contribution >= 4 is 0 Å². The first-order chi connectivity index (χ1) is 4.97. The number of ether oxygens (including phenoxy) is 2. The van der Waals surface area contributed by atoms with Crippen LogP contribution < -0.4 is 9.47 Å². The second-order valence-corrected chi connectivity index (χ2v) is 1.85. The molecule has 0 unspecified atom stereocenters. The largest absolute Gasteiger partial charge is 0.401 e. The van der Waals surface area contributed by atoms with E-state index < -0.39 is 0 Å². The van der Waals surface area contributed by atoms with E-state index in [9.17, 15) is 0 Å². The minimum Gasteiger partial charge on any atom is -0.401 e. The fraction of sp³-hybridized carbons (Fsp3) is 0. The molecular weight excluding hydrogens is 128 g/mol. The van der Waals surface area contributed by atoms with E-state index in [2.05, 4.69) is 12.2 Å². The van der Waals surface area contributed by atoms with Crippen molar-refractivity contribution in [2.24, 2.45) is 0 Å². The number of para-hydroxylation sites is 2. The first kappa shape index (κ1) is 5.19. The van der Waals surface area contributed by atoms with Crippen molar-refractivity contribution in [2.45, 2.75) is 0 Å². The highest BCUT2D eigenvalue weighted by Crippen LogP contribution is 2.27. The highest BCUT2D eigenvalue weighted by Gasteiger charge is 2.04. The molecule has 2 heteroatoms. The molecule has 0 N–H and O–H groups in total. The average molecular weight is 132 g/mol. The van der Waals surface area contributed by atoms with Gasteiger partial charge in [-0.3, -0.25) is 0 Å². The van der Waals surface area contributed by atoms with Crippen molar-refractivity contribution in [3.05, 3.63) is 24.3 Å². The van der Waals surface area contributed by atoms with Gasteiger partial charge in [-0.15, -0.1) is 0 Å². The molecule has 0 radical (unpaired) electrons. The lowest BCUT2D eigenvalue weighted by molar-refractivity contribution is 0.415. The molecule has 10 heavy (non-hydrogen) atoms. The van der Waals surface area contributed by atoms with Gasteiger partial charge in [-0.1, -0.05) is 12.1 Å². The zero-order valence-electron chi connectivity index (χ0n) is 5.13. The van der Waals surface area contributed by atoms with Crippen LogP contribution in [-0.4, -0.2) is 0 Å². The highest BCUT2D eigenvalue weighted by atomic mass is 16.5. The molecule has 1 aliphatic heterocycles. The van der Waals surface area contributed by atoms with Gasteiger partial charge in [-0.25, -0.2) is 0 Å². The summed E-state index contributed by atoms with van der Waals surface area (Å²) in [6.07, 6.45) is 4.74. The van der Waals surface area contributed by atoms with E-state index >= 15 is 0 Å². The molecular formula is C8H4O2. The Balaban J connectivity index is 2.52. The normalized spacial score (nSPS) is 11.6. The van der Waals surface area contributed by atoms with Crippen molar-refractivity contribution in [1.82, 2.24) is 0 Å². The molecule has 0 saturated heterocycles. The standard InChI is InChI=1S/C8H4O2/c1-2-4-8-7(3-1)9-5-6-10-8/h1-4H. The van der Waals surface area contributed by atoms with Gasteiger partial charge >= 0.3 is 0 Å². The number of hydrogen-bond donors (Lipinski definition) is 0. The van der Waals surface area contributed by atoms with Crippen LogP contribution in [0.2, 0.25) is 0 Å². The van der Waals surface area contributed by atoms with Gasteiger partial charge in [0.25, 0.3) is 0 Å². The van der Waals surface area contributed by atoms with Crippen molar-refractivity contribution in [2.75, 3.05) is 0 Å². The van der Waals surface area contributed by atoms with Crippen molar-refractivity contribution in [3.63, 3.8) is 0 Å². The minimum atomic E-state index is 0.682. The Morgan fingerprint density at radius 2 is 1.40 bits per heavy atom. The molecule has 0 spiro atoms. The van der Waals surface area contributed by atoms with Gasteiger partial charge in [-0.2, -0.15) is 0 Å². The summed E-state index contributed by atoms with van der Waals surface area (Å²) >= 11 is 0. The van der Waals surface area contributed by atoms with Gasteiger partial charge in [0.2, 0.25) is 0 Å². The predicted molar refractivity (Wildman–Crippen MR) is 35.5 cm³/mol. The SMILES string of the molecule is C1#COc2ccccc2O1. The number of hydrogen-bond acceptors (Lipinski definition) is 2. The van der Waals surface area contributed by atoms with Gasteiger partial charge in [-0.05, 0) is 12.1 Å². The van der Waals surface area contributed by atoms with Crippen LogP contribution in [0.4, 0.5) is 0 Å². The molecule has 0 bridgehead atoms. The average Bonchev–Trinajstić information content (AvgIpc) is 2.05. The molecule has 1 heterocycles. The van der Waals surface area contributed by atoms with Gasteiger partial charge in [0, 0.05) is 0 Å². The molecule has 2 rings (SSSR count). The Morgan fingerprint density at radius 1 is 0.900 bits per heavy atom. The van der Waals surface area contributed by atoms with Gasteiger partial charge < -0.3 is 9.47 Å². The molecule has 1 aromatic rings. The van der Waals surface area contributed by atoms with E-state index in [1.165, 1.54) is 0 Å². The Bertz CT molecular complexity index is 278. The Labute approximate surface area is 58.4 Å². The van der Waals surface area contributed by atoms with E-state index in [0.29, 0.717) is 11.5 Å². The van der Waals surface area contributed by atoms with Crippen LogP contribution in [0.25, 0.3) is 0 Å². The first-order valence-electron chi connectivity index (χ1n) is 2.89. The maximum atomic E-state index is 4.94. The van der Waals surface area contributed by atoms with Crippen molar-refractivity contribution in [3.8, 4) is 23.7 Å². The molecule has 0 saturated carbocycles. The molecule has 0 aliphatic carbocycles. The van der Waals surface area contributed by atoms with Crippen LogP contribution in [0.1, 0.15) is 0 Å². The van der Waals surface area contributed by atoms with Crippen LogP contribution in [0.15, 0.2) is 24.3 Å². The lowest BCUT2D eigenvalue weighted by Crippen LogP contribution is -1.95. The molecule has 48 valence electrons. The predicted octanol–water partition coefficient (Wildman–Crippen LogP) is 1.38. The van der Waals surface area contributed by atoms with Crippen LogP contribution >= 0.6 is 0 Å². The maximum absolute atomic E-state index is 4.94. The molecule has 0 aromatic heterocycles. The summed E-state index contributed by atoms with van der Waals surface area (Å²) in [6, 6.07) is 7.36. The molecule has 1 aliphatic rings. The van der Waals surface area contributed by atoms with Gasteiger partial charge in [0.15, 0.2) is 23.7 Å². The summed E-state index contributed by atoms with van der Waals surface area (Å²) in [5, 5.41) is 0. The number of fused-ring (bicyclic) bond motifs is 1. The fourth-order valence-electron chi connectivity index (χ4n) is 0.770. The van der Waals surface area contributed by atoms with E-state index in [4.69, 9.17) is 9.47 Å². The Morgan fingerprint density at radius 3 is 1.90 bits per heavy atom. The van der Waals surface area contributed by atoms with Crippen LogP contribution in [0, 0.1) is 12.2 Å². The second-order valence-electron chi connectivity index (χ2n) is 1.85. The summed E-state index contributed by atoms with van der Waals surface area (Å²) in [5.41, 5.74) is 0. The van der Waals surface area contributed by atoms with Gasteiger partial charge in [0.05, 0.1) is 0 Å². The monoisotopic (exact) mass is 132 g/mol. The zero-order chi connectivity index (χ0) is 6.81. The Kier molecular flexibility index (Phi) is 1.02. The topological polar surface area (TPSA) is 18.5 Å². The third kappa shape index (κ3) is 0.688. The highest BCUT2D eigenvalue weighted by molar-refractivity contribution is 5.42. The Hall–Kier alpha value is -1.62. The van der Waals surface area contributed by atoms with Crippen molar-refractivity contribution < 1.29 is 9.47 Å². The summed E-state index contributed by atoms with van der Waals surface area (Å²) < 4.78 is 9.87. The van der Waals surface area contributed by atoms with E-state index in [1.807, 2.05) is 24.3 Å². The van der Waals surface area contributed by atoms with Crippen molar-refractivity contribution in [1.29, 1.82) is 0 Å². The van der Waals surface area contributed by atoms with Crippen LogP contribution in [0.3, 0.4) is 0 Å². The van der Waals surface area contributed by atoms with Gasteiger partial charge in [0.1, 0.15) is 0 Å². The molecule has 0 atom stereocenters. The maximum Gasteiger partial charge on any atom is 0.183 e. The lowest BCUT2D eigenvalue weighted by Gasteiger charge is -2.05. The number of benzene rings is 1. The molecule has 2 nitrogen and oxygen atoms in total. The summed E-state index contributed by atoms with van der Waals surface area (Å²) in [6.45, 7) is 0. The van der Waals surface area contributed by atoms with Crippen LogP contribution in [0.5, 0.6) is 11.5 Å². The third-order valence-electron chi connectivity index (χ3n) is 1.21. The van der Waals surface area contributed by atoms with E-state index in [1.54, 1.807) is 0 Å². The summed E-state index contributed by atoms with van der Waals surface area (Å²) in [5.74, 6) is 1.36. The molecule has 1 aromatic carbocycles. The number of rotatable bonds is 0. The molecule has 0 amide bonds. The smallest absolute Gasteiger partial charge is 0.183 e. The second kappa shape index (κ2) is 1.96. The lowest BCUT2D eigenvalue weighted by atomic mass is 10.3. The fourth-order valence-corrected chi connectivity index (χ4v) is 0.770. The minimum absolute atomic E-state index is 0.682. The molecule has 0 fully saturated rings.